The molecule has 0 N–H and O–H groups in total. The van der Waals surface area contributed by atoms with E-state index >= 15 is 0 Å². The van der Waals surface area contributed by atoms with Crippen molar-refractivity contribution in [3.05, 3.63) is 262 Å². The van der Waals surface area contributed by atoms with E-state index in [0.717, 1.165) is 52.1 Å². The molecule has 0 saturated carbocycles. The van der Waals surface area contributed by atoms with Gasteiger partial charge >= 0.3 is 0 Å². The Balaban J connectivity index is 0.789. The fourth-order valence-electron chi connectivity index (χ4n) is 11.2. The molecule has 2 atom stereocenters. The lowest BCUT2D eigenvalue weighted by Crippen LogP contribution is -2.20. The summed E-state index contributed by atoms with van der Waals surface area (Å²) in [5.74, 6) is 1.42. The Morgan fingerprint density at radius 3 is 2.10 bits per heavy atom. The maximum atomic E-state index is 6.36. The van der Waals surface area contributed by atoms with Gasteiger partial charge < -0.3 is 4.42 Å². The predicted octanol–water partition coefficient (Wildman–Crippen LogP) is 16.0. The van der Waals surface area contributed by atoms with Crippen molar-refractivity contribution in [3.8, 4) is 22.3 Å². The molecule has 0 radical (unpaired) electrons. The highest BCUT2D eigenvalue weighted by Gasteiger charge is 2.38. The number of benzene rings is 8. The molecule has 2 unspecified atom stereocenters. The molecule has 13 rings (SSSR count). The highest BCUT2D eigenvalue weighted by Crippen LogP contribution is 2.53. The Bertz CT molecular complexity index is 3680. The van der Waals surface area contributed by atoms with E-state index in [0.29, 0.717) is 17.7 Å². The van der Waals surface area contributed by atoms with E-state index in [1.54, 1.807) is 0 Å². The van der Waals surface area contributed by atoms with Crippen LogP contribution in [0.4, 0.5) is 0 Å². The first-order valence-electron chi connectivity index (χ1n) is 23.5. The van der Waals surface area contributed by atoms with E-state index in [9.17, 15) is 0 Å². The van der Waals surface area contributed by atoms with Gasteiger partial charge in [-0.25, -0.2) is 9.98 Å². The Kier molecular flexibility index (Phi) is 9.10. The molecule has 0 fully saturated rings. The lowest BCUT2D eigenvalue weighted by Gasteiger charge is -2.36. The summed E-state index contributed by atoms with van der Waals surface area (Å²) in [6.07, 6.45) is 9.05. The third-order valence-corrected chi connectivity index (χ3v) is 14.7. The average molecular weight is 859 g/mol. The number of hydrogen-bond donors (Lipinski definition) is 0. The van der Waals surface area contributed by atoms with E-state index in [4.69, 9.17) is 14.4 Å². The van der Waals surface area contributed by atoms with Gasteiger partial charge in [0.25, 0.3) is 0 Å². The van der Waals surface area contributed by atoms with Crippen LogP contribution in [0.2, 0.25) is 0 Å². The van der Waals surface area contributed by atoms with Crippen molar-refractivity contribution in [3.63, 3.8) is 0 Å². The van der Waals surface area contributed by atoms with Gasteiger partial charge in [0, 0.05) is 44.9 Å². The molecule has 2 heterocycles. The summed E-state index contributed by atoms with van der Waals surface area (Å²) in [6, 6.07) is 67.7. The van der Waals surface area contributed by atoms with E-state index in [2.05, 4.69) is 177 Å². The summed E-state index contributed by atoms with van der Waals surface area (Å²) in [5, 5.41) is 2.36. The molecule has 318 valence electrons. The minimum absolute atomic E-state index is 0.145. The van der Waals surface area contributed by atoms with Crippen LogP contribution in [0.15, 0.2) is 226 Å². The molecule has 8 aromatic carbocycles. The summed E-state index contributed by atoms with van der Waals surface area (Å²) in [5.41, 5.74) is 25.8. The van der Waals surface area contributed by atoms with Crippen LogP contribution in [0.3, 0.4) is 0 Å². The lowest BCUT2D eigenvalue weighted by molar-refractivity contribution is 0.545. The van der Waals surface area contributed by atoms with E-state index in [-0.39, 0.29) is 5.41 Å². The molecule has 1 aliphatic heterocycles. The number of para-hydroxylation sites is 1. The summed E-state index contributed by atoms with van der Waals surface area (Å²) >= 11 is 0. The molecule has 9 aromatic rings. The number of nitrogens with zero attached hydrogens (tertiary/aromatic N) is 2. The van der Waals surface area contributed by atoms with Crippen molar-refractivity contribution in [2.24, 2.45) is 15.9 Å². The number of allylic oxidation sites excluding steroid dienone is 5. The van der Waals surface area contributed by atoms with Gasteiger partial charge in [-0.1, -0.05) is 196 Å². The van der Waals surface area contributed by atoms with Gasteiger partial charge in [0.15, 0.2) is 5.84 Å². The summed E-state index contributed by atoms with van der Waals surface area (Å²) in [6.45, 7) is 4.73. The molecular weight excluding hydrogens is 813 g/mol. The second kappa shape index (κ2) is 15.5. The maximum Gasteiger partial charge on any atom is 0.161 e. The Morgan fingerprint density at radius 2 is 1.25 bits per heavy atom. The highest BCUT2D eigenvalue weighted by molar-refractivity contribution is 6.19. The van der Waals surface area contributed by atoms with Gasteiger partial charge in [0.05, 0.1) is 5.71 Å². The summed E-state index contributed by atoms with van der Waals surface area (Å²) < 4.78 is 6.36. The molecule has 3 aliphatic carbocycles. The monoisotopic (exact) mass is 858 g/mol. The lowest BCUT2D eigenvalue weighted by atomic mass is 9.68. The minimum atomic E-state index is -0.145. The fraction of sp³-hybridized carbons (Fsp3) is 0.109. The topological polar surface area (TPSA) is 37.9 Å². The molecule has 3 nitrogen and oxygen atoms in total. The Morgan fingerprint density at radius 1 is 0.537 bits per heavy atom. The third kappa shape index (κ3) is 6.65. The zero-order valence-corrected chi connectivity index (χ0v) is 37.5. The molecule has 0 saturated heterocycles. The Labute approximate surface area is 391 Å². The van der Waals surface area contributed by atoms with Crippen LogP contribution >= 0.6 is 0 Å². The quantitative estimate of drug-likeness (QED) is 0.154. The Hall–Kier alpha value is -8.10. The SMILES string of the molecule is CC1(C)c2cc(C3=CCC4CC(c5cccc(-c6ccc(C7=C=CC(c8ccccc8)=NC(c8ccccc8)=N7)cc6)c5)c5ccccc5C4=C3)ccc2-c2cc3c(cc21)oc1ccccc13. The first kappa shape index (κ1) is 39.3. The normalized spacial score (nSPS) is 17.9. The molecule has 67 heavy (non-hydrogen) atoms. The standard InChI is InChI=1S/C64H46N2O/c1-64(2)57-37-46(30-31-51(57)55-38-56-52-22-11-12-23-61(52)67-62(56)39-58(55)64)45-28-29-48-36-54(50-21-10-9-20-49(50)53(48)35-45)47-19-13-18-44(34-47)40-24-26-42(27-25-40)60-33-32-59(41-14-5-3-6-15-41)65-63(66-60)43-16-7-4-8-17-43/h3-28,30-32,34-35,37-39,48,54H,29,36H2,1-2H3. The van der Waals surface area contributed by atoms with E-state index < -0.39 is 0 Å². The van der Waals surface area contributed by atoms with E-state index in [1.807, 2.05) is 48.5 Å². The van der Waals surface area contributed by atoms with Crippen molar-refractivity contribution in [2.45, 2.75) is 38.0 Å². The maximum absolute atomic E-state index is 6.36. The van der Waals surface area contributed by atoms with Crippen molar-refractivity contribution >= 4 is 50.3 Å². The number of amidine groups is 1. The largest absolute Gasteiger partial charge is 0.456 e. The molecule has 0 amide bonds. The second-order valence-corrected chi connectivity index (χ2v) is 18.9. The first-order chi connectivity index (χ1) is 32.9. The second-order valence-electron chi connectivity index (χ2n) is 18.9. The van der Waals surface area contributed by atoms with Crippen molar-refractivity contribution < 1.29 is 4.42 Å². The van der Waals surface area contributed by atoms with Gasteiger partial charge in [-0.3, -0.25) is 0 Å². The van der Waals surface area contributed by atoms with Gasteiger partial charge in [0.1, 0.15) is 16.9 Å². The molecular formula is C64H46N2O. The first-order valence-corrected chi connectivity index (χ1v) is 23.5. The number of rotatable bonds is 6. The van der Waals surface area contributed by atoms with Crippen molar-refractivity contribution in [1.82, 2.24) is 0 Å². The smallest absolute Gasteiger partial charge is 0.161 e. The van der Waals surface area contributed by atoms with Gasteiger partial charge in [-0.2, -0.15) is 0 Å². The van der Waals surface area contributed by atoms with Crippen LogP contribution in [-0.2, 0) is 5.41 Å². The number of hydrogen-bond acceptors (Lipinski definition) is 3. The van der Waals surface area contributed by atoms with Crippen molar-refractivity contribution in [2.75, 3.05) is 0 Å². The van der Waals surface area contributed by atoms with E-state index in [1.165, 1.54) is 77.6 Å². The summed E-state index contributed by atoms with van der Waals surface area (Å²) in [7, 11) is 0. The number of fused-ring (bicyclic) bond motifs is 9. The molecule has 1 aromatic heterocycles. The van der Waals surface area contributed by atoms with Crippen LogP contribution < -0.4 is 0 Å². The van der Waals surface area contributed by atoms with Gasteiger partial charge in [-0.15, -0.1) is 0 Å². The minimum Gasteiger partial charge on any atom is -0.456 e. The zero-order chi connectivity index (χ0) is 44.6. The van der Waals surface area contributed by atoms with Crippen LogP contribution in [0.5, 0.6) is 0 Å². The van der Waals surface area contributed by atoms with Crippen LogP contribution in [-0.4, -0.2) is 11.5 Å². The predicted molar refractivity (Wildman–Crippen MR) is 278 cm³/mol. The van der Waals surface area contributed by atoms with Crippen LogP contribution in [0.25, 0.3) is 61.0 Å². The average Bonchev–Trinajstić information content (AvgIpc) is 3.74. The molecule has 0 spiro atoms. The molecule has 4 aliphatic rings. The van der Waals surface area contributed by atoms with Crippen LogP contribution in [0.1, 0.15) is 82.7 Å². The van der Waals surface area contributed by atoms with Gasteiger partial charge in [-0.05, 0) is 110 Å². The van der Waals surface area contributed by atoms with Crippen LogP contribution in [0, 0.1) is 5.92 Å². The highest BCUT2D eigenvalue weighted by atomic mass is 16.3. The number of furan rings is 1. The van der Waals surface area contributed by atoms with Crippen molar-refractivity contribution in [1.29, 1.82) is 0 Å². The fourth-order valence-corrected chi connectivity index (χ4v) is 11.2. The number of aliphatic imine (C=N–C) groups is 2. The summed E-state index contributed by atoms with van der Waals surface area (Å²) in [4.78, 5) is 10.1. The molecule has 0 bridgehead atoms. The zero-order valence-electron chi connectivity index (χ0n) is 37.5. The molecule has 3 heteroatoms. The van der Waals surface area contributed by atoms with Gasteiger partial charge in [0.2, 0.25) is 0 Å². The third-order valence-electron chi connectivity index (χ3n) is 14.7.